The number of nitrogens with one attached hydrogen (secondary N) is 1. The predicted octanol–water partition coefficient (Wildman–Crippen LogP) is 3.20. The smallest absolute Gasteiger partial charge is 0.271 e. The van der Waals surface area contributed by atoms with E-state index in [2.05, 4.69) is 19.2 Å². The van der Waals surface area contributed by atoms with Crippen LogP contribution in [-0.2, 0) is 4.79 Å². The van der Waals surface area contributed by atoms with Crippen molar-refractivity contribution in [2.75, 3.05) is 11.9 Å². The maximum atomic E-state index is 12.0. The van der Waals surface area contributed by atoms with Gasteiger partial charge in [-0.2, -0.15) is 0 Å². The molecule has 0 bridgehead atoms. The molecule has 0 aromatic heterocycles. The van der Waals surface area contributed by atoms with Crippen molar-refractivity contribution in [2.45, 2.75) is 26.7 Å². The molecular formula is C14H20ClN3O3. The second-order valence-electron chi connectivity index (χ2n) is 5.40. The molecule has 0 unspecified atom stereocenters. The van der Waals surface area contributed by atoms with Gasteiger partial charge in [-0.25, -0.2) is 0 Å². The molecule has 0 heterocycles. The third kappa shape index (κ3) is 5.69. The van der Waals surface area contributed by atoms with E-state index in [9.17, 15) is 14.9 Å². The summed E-state index contributed by atoms with van der Waals surface area (Å²) in [6.45, 7) is 4.56. The van der Waals surface area contributed by atoms with E-state index < -0.39 is 4.92 Å². The van der Waals surface area contributed by atoms with Crippen LogP contribution in [0, 0.1) is 22.0 Å². The van der Waals surface area contributed by atoms with Crippen LogP contribution in [0.4, 0.5) is 11.4 Å². The molecule has 0 saturated carbocycles. The molecule has 116 valence electrons. The zero-order chi connectivity index (χ0) is 16.0. The Morgan fingerprint density at radius 2 is 2.14 bits per heavy atom. The van der Waals surface area contributed by atoms with E-state index in [0.717, 1.165) is 6.42 Å². The summed E-state index contributed by atoms with van der Waals surface area (Å²) < 4.78 is 0. The van der Waals surface area contributed by atoms with Crippen molar-refractivity contribution in [3.63, 3.8) is 0 Å². The molecule has 0 fully saturated rings. The second-order valence-corrected chi connectivity index (χ2v) is 5.81. The van der Waals surface area contributed by atoms with Gasteiger partial charge in [-0.15, -0.1) is 0 Å². The summed E-state index contributed by atoms with van der Waals surface area (Å²) in [7, 11) is 0. The van der Waals surface area contributed by atoms with Crippen LogP contribution < -0.4 is 11.1 Å². The minimum absolute atomic E-state index is 0.0856. The monoisotopic (exact) mass is 313 g/mol. The van der Waals surface area contributed by atoms with Crippen molar-refractivity contribution < 1.29 is 9.72 Å². The van der Waals surface area contributed by atoms with Crippen LogP contribution in [0.2, 0.25) is 5.02 Å². The van der Waals surface area contributed by atoms with Gasteiger partial charge in [0.1, 0.15) is 0 Å². The van der Waals surface area contributed by atoms with Gasteiger partial charge in [0.25, 0.3) is 5.69 Å². The van der Waals surface area contributed by atoms with Crippen LogP contribution in [0.3, 0.4) is 0 Å². The summed E-state index contributed by atoms with van der Waals surface area (Å²) in [5, 5.41) is 13.6. The largest absolute Gasteiger partial charge is 0.330 e. The van der Waals surface area contributed by atoms with Crippen molar-refractivity contribution in [3.05, 3.63) is 33.3 Å². The van der Waals surface area contributed by atoms with Gasteiger partial charge in [-0.05, 0) is 30.9 Å². The number of amides is 1. The number of benzene rings is 1. The zero-order valence-corrected chi connectivity index (χ0v) is 12.9. The molecule has 1 aromatic carbocycles. The highest BCUT2D eigenvalue weighted by Gasteiger charge is 2.16. The van der Waals surface area contributed by atoms with E-state index in [1.165, 1.54) is 18.2 Å². The molecule has 1 amide bonds. The highest BCUT2D eigenvalue weighted by molar-refractivity contribution is 6.33. The SMILES string of the molecule is CC(C)C[C@H](CN)CC(=O)Nc1cc([N+](=O)[O-])ccc1Cl. The molecule has 21 heavy (non-hydrogen) atoms. The quantitative estimate of drug-likeness (QED) is 0.596. The lowest BCUT2D eigenvalue weighted by Crippen LogP contribution is -2.23. The summed E-state index contributed by atoms with van der Waals surface area (Å²) >= 11 is 5.94. The summed E-state index contributed by atoms with van der Waals surface area (Å²) in [5.74, 6) is 0.295. The lowest BCUT2D eigenvalue weighted by molar-refractivity contribution is -0.384. The topological polar surface area (TPSA) is 98.3 Å². The molecule has 1 rings (SSSR count). The van der Waals surface area contributed by atoms with E-state index in [4.69, 9.17) is 17.3 Å². The zero-order valence-electron chi connectivity index (χ0n) is 12.1. The number of hydrogen-bond donors (Lipinski definition) is 2. The second kappa shape index (κ2) is 7.95. The van der Waals surface area contributed by atoms with Crippen LogP contribution in [0.25, 0.3) is 0 Å². The minimum atomic E-state index is -0.534. The Morgan fingerprint density at radius 1 is 1.48 bits per heavy atom. The normalized spacial score (nSPS) is 12.2. The lowest BCUT2D eigenvalue weighted by atomic mass is 9.94. The number of carbonyl (C=O) groups is 1. The molecule has 0 aliphatic heterocycles. The molecule has 6 nitrogen and oxygen atoms in total. The highest BCUT2D eigenvalue weighted by Crippen LogP contribution is 2.27. The first-order valence-electron chi connectivity index (χ1n) is 6.77. The fourth-order valence-electron chi connectivity index (χ4n) is 2.12. The first-order valence-corrected chi connectivity index (χ1v) is 7.15. The predicted molar refractivity (Wildman–Crippen MR) is 83.4 cm³/mol. The van der Waals surface area contributed by atoms with Gasteiger partial charge in [-0.3, -0.25) is 14.9 Å². The average molecular weight is 314 g/mol. The van der Waals surface area contributed by atoms with Crippen LogP contribution in [0.5, 0.6) is 0 Å². The maximum absolute atomic E-state index is 12.0. The van der Waals surface area contributed by atoms with E-state index in [1.807, 2.05) is 0 Å². The van der Waals surface area contributed by atoms with Crippen molar-refractivity contribution in [1.82, 2.24) is 0 Å². The van der Waals surface area contributed by atoms with E-state index >= 15 is 0 Å². The lowest BCUT2D eigenvalue weighted by Gasteiger charge is -2.16. The molecule has 7 heteroatoms. The summed E-state index contributed by atoms with van der Waals surface area (Å²) in [5.41, 5.74) is 5.79. The molecule has 0 aliphatic carbocycles. The van der Waals surface area contributed by atoms with Gasteiger partial charge in [0.05, 0.1) is 15.6 Å². The van der Waals surface area contributed by atoms with Gasteiger partial charge in [0.2, 0.25) is 5.91 Å². The first kappa shape index (κ1) is 17.4. The number of anilines is 1. The number of carbonyl (C=O) groups excluding carboxylic acids is 1. The Kier molecular flexibility index (Phi) is 6.58. The standard InChI is InChI=1S/C14H20ClN3O3/c1-9(2)5-10(8-16)6-14(19)17-13-7-11(18(20)21)3-4-12(13)15/h3-4,7,9-10H,5-6,8,16H2,1-2H3,(H,17,19)/t10-/m0/s1. The van der Waals surface area contributed by atoms with E-state index in [0.29, 0.717) is 12.5 Å². The average Bonchev–Trinajstić information content (AvgIpc) is 2.39. The first-order chi connectivity index (χ1) is 9.83. The summed E-state index contributed by atoms with van der Waals surface area (Å²) in [6.07, 6.45) is 1.13. The Hall–Kier alpha value is -1.66. The van der Waals surface area contributed by atoms with Crippen LogP contribution >= 0.6 is 11.6 Å². The number of nitrogens with zero attached hydrogens (tertiary/aromatic N) is 1. The van der Waals surface area contributed by atoms with Crippen LogP contribution in [0.1, 0.15) is 26.7 Å². The van der Waals surface area contributed by atoms with Gasteiger partial charge in [-0.1, -0.05) is 25.4 Å². The van der Waals surface area contributed by atoms with Crippen molar-refractivity contribution >= 4 is 28.9 Å². The highest BCUT2D eigenvalue weighted by atomic mass is 35.5. The maximum Gasteiger partial charge on any atom is 0.271 e. The molecule has 3 N–H and O–H groups in total. The molecule has 0 aliphatic rings. The molecule has 1 aromatic rings. The third-order valence-electron chi connectivity index (χ3n) is 3.05. The van der Waals surface area contributed by atoms with E-state index in [-0.39, 0.29) is 34.6 Å². The summed E-state index contributed by atoms with van der Waals surface area (Å²) in [4.78, 5) is 22.2. The Labute approximate surface area is 128 Å². The molecular weight excluding hydrogens is 294 g/mol. The van der Waals surface area contributed by atoms with E-state index in [1.54, 1.807) is 0 Å². The molecule has 1 atom stereocenters. The Morgan fingerprint density at radius 3 is 2.67 bits per heavy atom. The van der Waals surface area contributed by atoms with Crippen molar-refractivity contribution in [1.29, 1.82) is 0 Å². The van der Waals surface area contributed by atoms with Gasteiger partial charge in [0, 0.05) is 18.6 Å². The van der Waals surface area contributed by atoms with Crippen molar-refractivity contribution in [3.8, 4) is 0 Å². The third-order valence-corrected chi connectivity index (χ3v) is 3.38. The Balaban J connectivity index is 2.74. The number of hydrogen-bond acceptors (Lipinski definition) is 4. The van der Waals surface area contributed by atoms with Crippen molar-refractivity contribution in [2.24, 2.45) is 17.6 Å². The van der Waals surface area contributed by atoms with Gasteiger partial charge in [0.15, 0.2) is 0 Å². The fraction of sp³-hybridized carbons (Fsp3) is 0.500. The number of rotatable bonds is 7. The minimum Gasteiger partial charge on any atom is -0.330 e. The van der Waals surface area contributed by atoms with Crippen LogP contribution in [-0.4, -0.2) is 17.4 Å². The number of halogens is 1. The fourth-order valence-corrected chi connectivity index (χ4v) is 2.28. The molecule has 0 spiro atoms. The van der Waals surface area contributed by atoms with Crippen LogP contribution in [0.15, 0.2) is 18.2 Å². The Bertz CT molecular complexity index is 520. The summed E-state index contributed by atoms with van der Waals surface area (Å²) in [6, 6.07) is 3.93. The number of non-ortho nitro benzene ring substituents is 1. The van der Waals surface area contributed by atoms with Gasteiger partial charge < -0.3 is 11.1 Å². The number of nitro benzene ring substituents is 1. The molecule has 0 radical (unpaired) electrons. The number of nitro groups is 1. The van der Waals surface area contributed by atoms with Gasteiger partial charge >= 0.3 is 0 Å². The number of nitrogens with two attached hydrogens (primary N) is 1. The molecule has 0 saturated heterocycles.